The van der Waals surface area contributed by atoms with Crippen molar-refractivity contribution < 1.29 is 14.4 Å². The Morgan fingerprint density at radius 1 is 1.35 bits per heavy atom. The number of hydrogen-bond donors (Lipinski definition) is 0. The van der Waals surface area contributed by atoms with Crippen LogP contribution in [0, 0.1) is 0 Å². The average molecular weight is 233 g/mol. The minimum absolute atomic E-state index is 0.195. The Morgan fingerprint density at radius 2 is 2.06 bits per heavy atom. The number of carbonyl (C=O) groups is 1. The van der Waals surface area contributed by atoms with Crippen LogP contribution in [0.3, 0.4) is 0 Å². The summed E-state index contributed by atoms with van der Waals surface area (Å²) in [6.45, 7) is 1.84. The van der Waals surface area contributed by atoms with Gasteiger partial charge >= 0.3 is 5.97 Å². The molecule has 1 rings (SSSR count). The van der Waals surface area contributed by atoms with Crippen molar-refractivity contribution in [1.29, 1.82) is 0 Å². The minimum atomic E-state index is -0.489. The van der Waals surface area contributed by atoms with E-state index in [1.807, 2.05) is 42.5 Å². The summed E-state index contributed by atoms with van der Waals surface area (Å²) in [7, 11) is 1.30. The lowest BCUT2D eigenvalue weighted by Crippen LogP contribution is -2.12. The normalized spacial score (nSPS) is 11.5. The Morgan fingerprint density at radius 3 is 2.71 bits per heavy atom. The van der Waals surface area contributed by atoms with Crippen LogP contribution in [0.15, 0.2) is 41.6 Å². The second-order valence-electron chi connectivity index (χ2n) is 3.28. The molecule has 0 N–H and O–H groups in total. The largest absolute Gasteiger partial charge is 0.464 e. The molecule has 90 valence electrons. The van der Waals surface area contributed by atoms with Crippen LogP contribution >= 0.6 is 0 Å². The molecule has 0 aliphatic heterocycles. The summed E-state index contributed by atoms with van der Waals surface area (Å²) in [4.78, 5) is 15.9. The Bertz CT molecular complexity index is 410. The minimum Gasteiger partial charge on any atom is -0.464 e. The third-order valence-electron chi connectivity index (χ3n) is 1.96. The molecule has 0 spiro atoms. The Labute approximate surface area is 101 Å². The van der Waals surface area contributed by atoms with E-state index in [1.54, 1.807) is 0 Å². The number of methoxy groups -OCH3 is 1. The Balaban J connectivity index is 2.34. The molecule has 0 heterocycles. The first-order chi connectivity index (χ1) is 8.24. The molecule has 1 aromatic rings. The van der Waals surface area contributed by atoms with Crippen molar-refractivity contribution in [1.82, 2.24) is 0 Å². The van der Waals surface area contributed by atoms with Crippen molar-refractivity contribution in [2.75, 3.05) is 13.7 Å². The molecule has 0 fully saturated rings. The van der Waals surface area contributed by atoms with E-state index < -0.39 is 5.97 Å². The Hall–Kier alpha value is -2.10. The highest BCUT2D eigenvalue weighted by atomic mass is 16.6. The first-order valence-corrected chi connectivity index (χ1v) is 5.20. The number of oxime groups is 1. The van der Waals surface area contributed by atoms with Gasteiger partial charge in [-0.25, -0.2) is 4.79 Å². The monoisotopic (exact) mass is 233 g/mol. The summed E-state index contributed by atoms with van der Waals surface area (Å²) in [5, 5.41) is 3.62. The molecule has 17 heavy (non-hydrogen) atoms. The molecule has 0 aromatic heterocycles. The Kier molecular flexibility index (Phi) is 5.51. The third kappa shape index (κ3) is 4.97. The van der Waals surface area contributed by atoms with Crippen molar-refractivity contribution >= 4 is 17.8 Å². The van der Waals surface area contributed by atoms with Gasteiger partial charge in [0.25, 0.3) is 0 Å². The third-order valence-corrected chi connectivity index (χ3v) is 1.96. The van der Waals surface area contributed by atoms with Crippen molar-refractivity contribution in [3.8, 4) is 0 Å². The van der Waals surface area contributed by atoms with Gasteiger partial charge in [0.2, 0.25) is 0 Å². The van der Waals surface area contributed by atoms with Crippen molar-refractivity contribution in [3.63, 3.8) is 0 Å². The van der Waals surface area contributed by atoms with Gasteiger partial charge in [0, 0.05) is 0 Å². The zero-order valence-electron chi connectivity index (χ0n) is 9.92. The predicted octanol–water partition coefficient (Wildman–Crippen LogP) is 2.27. The number of benzene rings is 1. The molecule has 0 saturated carbocycles. The van der Waals surface area contributed by atoms with Gasteiger partial charge in [-0.2, -0.15) is 0 Å². The molecule has 0 amide bonds. The maximum absolute atomic E-state index is 10.9. The maximum atomic E-state index is 10.9. The number of carbonyl (C=O) groups excluding carboxylic acids is 1. The van der Waals surface area contributed by atoms with E-state index in [9.17, 15) is 4.79 Å². The smallest absolute Gasteiger partial charge is 0.355 e. The molecule has 0 unspecified atom stereocenters. The quantitative estimate of drug-likeness (QED) is 0.339. The lowest BCUT2D eigenvalue weighted by atomic mass is 10.2. The summed E-state index contributed by atoms with van der Waals surface area (Å²) in [6.07, 6.45) is 3.74. The molecule has 1 aromatic carbocycles. The summed E-state index contributed by atoms with van der Waals surface area (Å²) >= 11 is 0. The van der Waals surface area contributed by atoms with E-state index in [1.165, 1.54) is 14.0 Å². The van der Waals surface area contributed by atoms with Crippen LogP contribution in [0.5, 0.6) is 0 Å². The summed E-state index contributed by atoms with van der Waals surface area (Å²) in [6, 6.07) is 9.84. The van der Waals surface area contributed by atoms with E-state index in [4.69, 9.17) is 4.84 Å². The van der Waals surface area contributed by atoms with Crippen LogP contribution in [0.1, 0.15) is 12.5 Å². The van der Waals surface area contributed by atoms with Crippen LogP contribution in [-0.2, 0) is 14.4 Å². The number of rotatable bonds is 5. The van der Waals surface area contributed by atoms with Gasteiger partial charge in [-0.3, -0.25) is 0 Å². The molecule has 0 saturated heterocycles. The fraction of sp³-hybridized carbons (Fsp3) is 0.231. The molecule has 0 atom stereocenters. The number of esters is 1. The van der Waals surface area contributed by atoms with Gasteiger partial charge in [-0.15, -0.1) is 0 Å². The highest BCUT2D eigenvalue weighted by Crippen LogP contribution is 2.00. The van der Waals surface area contributed by atoms with Gasteiger partial charge in [-0.05, 0) is 18.6 Å². The molecule has 4 heteroatoms. The summed E-state index contributed by atoms with van der Waals surface area (Å²) in [5.74, 6) is -0.489. The molecule has 0 aliphatic carbocycles. The fourth-order valence-electron chi connectivity index (χ4n) is 1.11. The molecular formula is C13H15NO3. The molecule has 0 bridgehead atoms. The zero-order chi connectivity index (χ0) is 12.5. The van der Waals surface area contributed by atoms with E-state index in [2.05, 4.69) is 9.89 Å². The first-order valence-electron chi connectivity index (χ1n) is 5.20. The van der Waals surface area contributed by atoms with Crippen molar-refractivity contribution in [2.24, 2.45) is 5.16 Å². The summed E-state index contributed by atoms with van der Waals surface area (Å²) in [5.41, 5.74) is 1.28. The lowest BCUT2D eigenvalue weighted by Gasteiger charge is -1.97. The van der Waals surface area contributed by atoms with Crippen LogP contribution in [0.25, 0.3) is 6.08 Å². The number of hydrogen-bond acceptors (Lipinski definition) is 4. The highest BCUT2D eigenvalue weighted by molar-refractivity contribution is 6.35. The first kappa shape index (κ1) is 13.0. The molecular weight excluding hydrogens is 218 g/mol. The molecule has 0 aliphatic rings. The molecule has 4 nitrogen and oxygen atoms in total. The van der Waals surface area contributed by atoms with E-state index in [0.29, 0.717) is 6.61 Å². The van der Waals surface area contributed by atoms with Crippen LogP contribution in [0.2, 0.25) is 0 Å². The highest BCUT2D eigenvalue weighted by Gasteiger charge is 2.04. The van der Waals surface area contributed by atoms with Gasteiger partial charge in [0.05, 0.1) is 7.11 Å². The standard InChI is InChI=1S/C13H15NO3/c1-11(13(15)16-2)14-17-10-6-9-12-7-4-3-5-8-12/h3-9H,10H2,1-2H3. The van der Waals surface area contributed by atoms with Crippen LogP contribution in [0.4, 0.5) is 0 Å². The topological polar surface area (TPSA) is 47.9 Å². The van der Waals surface area contributed by atoms with E-state index >= 15 is 0 Å². The van der Waals surface area contributed by atoms with E-state index in [0.717, 1.165) is 5.56 Å². The number of ether oxygens (including phenoxy) is 1. The average Bonchev–Trinajstić information content (AvgIpc) is 2.38. The zero-order valence-corrected chi connectivity index (χ0v) is 9.92. The lowest BCUT2D eigenvalue weighted by molar-refractivity contribution is -0.132. The van der Waals surface area contributed by atoms with Gasteiger partial charge < -0.3 is 9.57 Å². The number of nitrogens with zero attached hydrogens (tertiary/aromatic N) is 1. The molecule has 0 radical (unpaired) electrons. The van der Waals surface area contributed by atoms with Crippen LogP contribution < -0.4 is 0 Å². The van der Waals surface area contributed by atoms with Gasteiger partial charge in [0.1, 0.15) is 6.61 Å². The summed E-state index contributed by atoms with van der Waals surface area (Å²) < 4.78 is 4.47. The van der Waals surface area contributed by atoms with Gasteiger partial charge in [0.15, 0.2) is 5.71 Å². The maximum Gasteiger partial charge on any atom is 0.355 e. The van der Waals surface area contributed by atoms with Crippen molar-refractivity contribution in [3.05, 3.63) is 42.0 Å². The SMILES string of the molecule is COC(=O)C(C)=NOCC=Cc1ccccc1. The second-order valence-corrected chi connectivity index (χ2v) is 3.28. The predicted molar refractivity (Wildman–Crippen MR) is 66.6 cm³/mol. The fourth-order valence-corrected chi connectivity index (χ4v) is 1.11. The van der Waals surface area contributed by atoms with Crippen LogP contribution in [-0.4, -0.2) is 25.4 Å². The van der Waals surface area contributed by atoms with E-state index in [-0.39, 0.29) is 5.71 Å². The van der Waals surface area contributed by atoms with Crippen molar-refractivity contribution in [2.45, 2.75) is 6.92 Å². The van der Waals surface area contributed by atoms with Gasteiger partial charge in [-0.1, -0.05) is 41.6 Å². The second kappa shape index (κ2) is 7.22.